The van der Waals surface area contributed by atoms with E-state index in [4.69, 9.17) is 0 Å². The van der Waals surface area contributed by atoms with Crippen LogP contribution in [-0.2, 0) is 12.7 Å². The van der Waals surface area contributed by atoms with Gasteiger partial charge in [-0.2, -0.15) is 18.3 Å². The summed E-state index contributed by atoms with van der Waals surface area (Å²) >= 11 is 0. The Morgan fingerprint density at radius 1 is 1.47 bits per heavy atom. The molecule has 17 heavy (non-hydrogen) atoms. The minimum Gasteiger partial charge on any atom is -0.316 e. The average molecular weight is 247 g/mol. The van der Waals surface area contributed by atoms with E-state index in [9.17, 15) is 13.2 Å². The second-order valence-corrected chi connectivity index (χ2v) is 4.49. The van der Waals surface area contributed by atoms with Crippen molar-refractivity contribution in [2.24, 2.45) is 5.92 Å². The molecule has 1 aromatic rings. The summed E-state index contributed by atoms with van der Waals surface area (Å²) in [5.74, 6) is 0.558. The molecule has 2 heterocycles. The number of aromatic nitrogens is 2. The lowest BCUT2D eigenvalue weighted by Crippen LogP contribution is -2.30. The summed E-state index contributed by atoms with van der Waals surface area (Å²) in [5, 5.41) is 7.03. The Hall–Kier alpha value is -1.04. The molecule has 1 aliphatic rings. The SMILES string of the molecule is FC(F)(F)c1cnn(CCC2CCCNC2)c1. The van der Waals surface area contributed by atoms with E-state index in [1.165, 1.54) is 4.68 Å². The zero-order chi connectivity index (χ0) is 12.3. The van der Waals surface area contributed by atoms with Crippen molar-refractivity contribution in [3.05, 3.63) is 18.0 Å². The molecule has 0 bridgehead atoms. The summed E-state index contributed by atoms with van der Waals surface area (Å²) in [6.07, 6.45) is 0.865. The smallest absolute Gasteiger partial charge is 0.316 e. The van der Waals surface area contributed by atoms with E-state index in [0.29, 0.717) is 12.5 Å². The molecular formula is C11H16F3N3. The summed E-state index contributed by atoms with van der Waals surface area (Å²) in [4.78, 5) is 0. The van der Waals surface area contributed by atoms with Gasteiger partial charge >= 0.3 is 6.18 Å². The zero-order valence-electron chi connectivity index (χ0n) is 9.50. The predicted molar refractivity (Wildman–Crippen MR) is 57.4 cm³/mol. The van der Waals surface area contributed by atoms with Gasteiger partial charge in [0.25, 0.3) is 0 Å². The Kier molecular flexibility index (Phi) is 3.71. The Balaban J connectivity index is 1.84. The van der Waals surface area contributed by atoms with Gasteiger partial charge in [-0.15, -0.1) is 0 Å². The number of hydrogen-bond donors (Lipinski definition) is 1. The normalized spacial score (nSPS) is 21.7. The number of rotatable bonds is 3. The molecule has 1 N–H and O–H groups in total. The fourth-order valence-corrected chi connectivity index (χ4v) is 2.12. The molecule has 2 rings (SSSR count). The van der Waals surface area contributed by atoms with E-state index >= 15 is 0 Å². The summed E-state index contributed by atoms with van der Waals surface area (Å²) in [6, 6.07) is 0. The van der Waals surface area contributed by atoms with Gasteiger partial charge in [0.05, 0.1) is 11.8 Å². The lowest BCUT2D eigenvalue weighted by molar-refractivity contribution is -0.137. The minimum absolute atomic E-state index is 0.558. The molecule has 3 nitrogen and oxygen atoms in total. The molecule has 1 unspecified atom stereocenters. The maximum atomic E-state index is 12.3. The lowest BCUT2D eigenvalue weighted by atomic mass is 9.96. The van der Waals surface area contributed by atoms with Gasteiger partial charge in [-0.3, -0.25) is 4.68 Å². The first-order valence-electron chi connectivity index (χ1n) is 5.86. The molecule has 0 spiro atoms. The van der Waals surface area contributed by atoms with Crippen LogP contribution in [0.25, 0.3) is 0 Å². The number of nitrogens with one attached hydrogen (secondary N) is 1. The van der Waals surface area contributed by atoms with Gasteiger partial charge < -0.3 is 5.32 Å². The summed E-state index contributed by atoms with van der Waals surface area (Å²) in [6.45, 7) is 2.58. The standard InChI is InChI=1S/C11H16F3N3/c12-11(13,14)10-7-16-17(8-10)5-3-9-2-1-4-15-6-9/h7-9,15H,1-6H2. The van der Waals surface area contributed by atoms with E-state index in [0.717, 1.165) is 44.7 Å². The van der Waals surface area contributed by atoms with E-state index < -0.39 is 11.7 Å². The topological polar surface area (TPSA) is 29.9 Å². The van der Waals surface area contributed by atoms with Crippen LogP contribution >= 0.6 is 0 Å². The number of nitrogens with zero attached hydrogens (tertiary/aromatic N) is 2. The molecule has 0 saturated carbocycles. The van der Waals surface area contributed by atoms with Crippen LogP contribution in [-0.4, -0.2) is 22.9 Å². The average Bonchev–Trinajstić information content (AvgIpc) is 2.76. The molecule has 1 aromatic heterocycles. The Morgan fingerprint density at radius 2 is 2.29 bits per heavy atom. The van der Waals surface area contributed by atoms with Gasteiger partial charge in [0.1, 0.15) is 0 Å². The van der Waals surface area contributed by atoms with Crippen molar-refractivity contribution in [1.29, 1.82) is 0 Å². The highest BCUT2D eigenvalue weighted by atomic mass is 19.4. The highest BCUT2D eigenvalue weighted by Gasteiger charge is 2.32. The van der Waals surface area contributed by atoms with Crippen LogP contribution in [0.5, 0.6) is 0 Å². The van der Waals surface area contributed by atoms with Gasteiger partial charge in [-0.05, 0) is 38.3 Å². The summed E-state index contributed by atoms with van der Waals surface area (Å²) in [7, 11) is 0. The third kappa shape index (κ3) is 3.46. The third-order valence-corrected chi connectivity index (χ3v) is 3.13. The van der Waals surface area contributed by atoms with Gasteiger partial charge in [-0.25, -0.2) is 0 Å². The second kappa shape index (κ2) is 5.08. The summed E-state index contributed by atoms with van der Waals surface area (Å²) in [5.41, 5.74) is -0.667. The van der Waals surface area contributed by atoms with Gasteiger partial charge in [0.2, 0.25) is 0 Å². The highest BCUT2D eigenvalue weighted by molar-refractivity contribution is 5.08. The van der Waals surface area contributed by atoms with Crippen LogP contribution in [0.1, 0.15) is 24.8 Å². The highest BCUT2D eigenvalue weighted by Crippen LogP contribution is 2.28. The van der Waals surface area contributed by atoms with Crippen molar-refractivity contribution >= 4 is 0 Å². The molecule has 0 aliphatic carbocycles. The molecule has 0 radical (unpaired) electrons. The number of piperidine rings is 1. The third-order valence-electron chi connectivity index (χ3n) is 3.13. The van der Waals surface area contributed by atoms with Gasteiger partial charge in [-0.1, -0.05) is 0 Å². The lowest BCUT2D eigenvalue weighted by Gasteiger charge is -2.22. The van der Waals surface area contributed by atoms with Crippen molar-refractivity contribution in [1.82, 2.24) is 15.1 Å². The van der Waals surface area contributed by atoms with Crippen LogP contribution in [0.4, 0.5) is 13.2 Å². The fourth-order valence-electron chi connectivity index (χ4n) is 2.12. The molecule has 96 valence electrons. The van der Waals surface area contributed by atoms with Crippen LogP contribution < -0.4 is 5.32 Å². The second-order valence-electron chi connectivity index (χ2n) is 4.49. The van der Waals surface area contributed by atoms with E-state index in [2.05, 4.69) is 10.4 Å². The zero-order valence-corrected chi connectivity index (χ0v) is 9.50. The molecule has 1 aliphatic heterocycles. The number of aryl methyl sites for hydroxylation is 1. The van der Waals surface area contributed by atoms with Crippen LogP contribution in [0.2, 0.25) is 0 Å². The van der Waals surface area contributed by atoms with Crippen molar-refractivity contribution in [2.75, 3.05) is 13.1 Å². The first-order chi connectivity index (χ1) is 8.05. The van der Waals surface area contributed by atoms with Crippen LogP contribution in [0.3, 0.4) is 0 Å². The fraction of sp³-hybridized carbons (Fsp3) is 0.727. The van der Waals surface area contributed by atoms with Gasteiger partial charge in [0.15, 0.2) is 0 Å². The molecule has 1 saturated heterocycles. The quantitative estimate of drug-likeness (QED) is 0.888. The van der Waals surface area contributed by atoms with Crippen molar-refractivity contribution < 1.29 is 13.2 Å². The molecule has 0 amide bonds. The largest absolute Gasteiger partial charge is 0.419 e. The molecule has 1 atom stereocenters. The van der Waals surface area contributed by atoms with Gasteiger partial charge in [0, 0.05) is 12.7 Å². The first-order valence-corrected chi connectivity index (χ1v) is 5.86. The maximum absolute atomic E-state index is 12.3. The number of hydrogen-bond acceptors (Lipinski definition) is 2. The first kappa shape index (κ1) is 12.4. The minimum atomic E-state index is -4.29. The molecule has 6 heteroatoms. The summed E-state index contributed by atoms with van der Waals surface area (Å²) < 4.78 is 38.4. The Labute approximate surface area is 98.0 Å². The Bertz CT molecular complexity index is 353. The monoisotopic (exact) mass is 247 g/mol. The van der Waals surface area contributed by atoms with Crippen LogP contribution in [0.15, 0.2) is 12.4 Å². The molecule has 1 fully saturated rings. The van der Waals surface area contributed by atoms with E-state index in [1.807, 2.05) is 0 Å². The van der Waals surface area contributed by atoms with E-state index in [1.54, 1.807) is 0 Å². The van der Waals surface area contributed by atoms with E-state index in [-0.39, 0.29) is 0 Å². The van der Waals surface area contributed by atoms with Crippen molar-refractivity contribution in [3.63, 3.8) is 0 Å². The maximum Gasteiger partial charge on any atom is 0.419 e. The molecular weight excluding hydrogens is 231 g/mol. The number of alkyl halides is 3. The Morgan fingerprint density at radius 3 is 2.88 bits per heavy atom. The predicted octanol–water partition coefficient (Wildman–Crippen LogP) is 2.29. The van der Waals surface area contributed by atoms with Crippen molar-refractivity contribution in [3.8, 4) is 0 Å². The molecule has 0 aromatic carbocycles. The van der Waals surface area contributed by atoms with Crippen molar-refractivity contribution in [2.45, 2.75) is 32.0 Å². The number of halogens is 3. The van der Waals surface area contributed by atoms with Crippen LogP contribution in [0, 0.1) is 5.92 Å².